The molecular formula is C25H40O11. The van der Waals surface area contributed by atoms with E-state index in [9.17, 15) is 30.3 Å². The quantitative estimate of drug-likeness (QED) is 0.187. The first-order chi connectivity index (χ1) is 17.2. The molecule has 0 aliphatic carbocycles. The molecule has 11 heteroatoms. The van der Waals surface area contributed by atoms with Crippen molar-refractivity contribution in [1.82, 2.24) is 0 Å². The van der Waals surface area contributed by atoms with Crippen molar-refractivity contribution in [3.63, 3.8) is 0 Å². The largest absolute Gasteiger partial charge is 0.504 e. The molecule has 0 unspecified atom stereocenters. The fraction of sp³-hybridized carbons (Fsp3) is 0.720. The number of carboxylic acids is 1. The second-order valence-corrected chi connectivity index (χ2v) is 9.00. The van der Waals surface area contributed by atoms with Gasteiger partial charge in [0.2, 0.25) is 17.8 Å². The van der Waals surface area contributed by atoms with Gasteiger partial charge >= 0.3 is 5.97 Å². The number of ether oxygens (including phenoxy) is 4. The van der Waals surface area contributed by atoms with E-state index in [1.165, 1.54) is 14.2 Å². The van der Waals surface area contributed by atoms with Crippen LogP contribution in [0.1, 0.15) is 62.5 Å². The number of carboxylic acid groups (broad SMARTS) is 1. The summed E-state index contributed by atoms with van der Waals surface area (Å²) in [5.41, 5.74) is 1.03. The topological polar surface area (TPSA) is 175 Å². The Kier molecular flexibility index (Phi) is 12.0. The Balaban J connectivity index is 2.19. The Bertz CT molecular complexity index is 844. The third-order valence-electron chi connectivity index (χ3n) is 6.50. The van der Waals surface area contributed by atoms with Crippen LogP contribution >= 0.6 is 0 Å². The van der Waals surface area contributed by atoms with Gasteiger partial charge in [0.25, 0.3) is 0 Å². The maximum absolute atomic E-state index is 11.4. The molecule has 1 aliphatic heterocycles. The van der Waals surface area contributed by atoms with Gasteiger partial charge in [-0.25, -0.2) is 4.79 Å². The third kappa shape index (κ3) is 7.13. The Morgan fingerprint density at radius 3 is 1.92 bits per heavy atom. The van der Waals surface area contributed by atoms with Crippen LogP contribution in [0.5, 0.6) is 23.0 Å². The van der Waals surface area contributed by atoms with Crippen molar-refractivity contribution in [2.45, 2.75) is 95.4 Å². The molecule has 1 aromatic rings. The molecule has 0 aromatic heterocycles. The Labute approximate surface area is 211 Å². The fourth-order valence-corrected chi connectivity index (χ4v) is 4.39. The summed E-state index contributed by atoms with van der Waals surface area (Å²) < 4.78 is 21.8. The number of aliphatic carboxylic acids is 1. The Morgan fingerprint density at radius 1 is 0.833 bits per heavy atom. The van der Waals surface area contributed by atoms with Gasteiger partial charge in [-0.1, -0.05) is 38.5 Å². The van der Waals surface area contributed by atoms with Crippen LogP contribution in [0.2, 0.25) is 0 Å². The molecule has 1 aliphatic rings. The van der Waals surface area contributed by atoms with Crippen LogP contribution < -0.4 is 14.2 Å². The summed E-state index contributed by atoms with van der Waals surface area (Å²) in [6, 6.07) is 0. The summed E-state index contributed by atoms with van der Waals surface area (Å²) >= 11 is 0. The lowest BCUT2D eigenvalue weighted by atomic mass is 9.97. The number of carbonyl (C=O) groups is 1. The van der Waals surface area contributed by atoms with Crippen molar-refractivity contribution in [2.75, 3.05) is 20.8 Å². The maximum atomic E-state index is 11.4. The number of phenols is 1. The van der Waals surface area contributed by atoms with Gasteiger partial charge in [0.15, 0.2) is 17.6 Å². The molecule has 0 radical (unpaired) electrons. The molecule has 1 aromatic carbocycles. The van der Waals surface area contributed by atoms with Crippen LogP contribution in [-0.2, 0) is 16.0 Å². The lowest BCUT2D eigenvalue weighted by Gasteiger charge is -2.39. The van der Waals surface area contributed by atoms with Crippen molar-refractivity contribution >= 4 is 5.97 Å². The zero-order valence-corrected chi connectivity index (χ0v) is 21.2. The number of aliphatic hydroxyl groups excluding tert-OH is 4. The van der Waals surface area contributed by atoms with Crippen LogP contribution in [-0.4, -0.2) is 88.1 Å². The molecule has 0 saturated carbocycles. The smallest absolute Gasteiger partial charge is 0.335 e. The van der Waals surface area contributed by atoms with E-state index < -0.39 is 36.7 Å². The normalized spacial score (nSPS) is 23.9. The summed E-state index contributed by atoms with van der Waals surface area (Å²) in [7, 11) is 2.68. The number of unbranched alkanes of at least 4 members (excludes halogenated alkanes) is 7. The molecule has 2 rings (SSSR count). The SMILES string of the molecule is COc1c(O)c(CCCCCCCCCCO)c(C)c(O[C@H]2O[C@@H](C(=O)O)[C@H](O)[C@@H](O)[C@@H]2O)c1OC. The van der Waals surface area contributed by atoms with Gasteiger partial charge in [-0.05, 0) is 26.2 Å². The van der Waals surface area contributed by atoms with Crippen LogP contribution in [0, 0.1) is 6.92 Å². The number of hydrogen-bond donors (Lipinski definition) is 6. The van der Waals surface area contributed by atoms with Gasteiger partial charge in [-0.15, -0.1) is 0 Å². The van der Waals surface area contributed by atoms with E-state index in [0.29, 0.717) is 17.5 Å². The molecule has 206 valence electrons. The molecule has 5 atom stereocenters. The number of methoxy groups -OCH3 is 2. The van der Waals surface area contributed by atoms with E-state index in [2.05, 4.69) is 0 Å². The van der Waals surface area contributed by atoms with Crippen LogP contribution in [0.15, 0.2) is 0 Å². The molecule has 0 spiro atoms. The average molecular weight is 517 g/mol. The summed E-state index contributed by atoms with van der Waals surface area (Å²) in [6.45, 7) is 1.91. The highest BCUT2D eigenvalue weighted by Gasteiger charge is 2.48. The first-order valence-corrected chi connectivity index (χ1v) is 12.4. The average Bonchev–Trinajstić information content (AvgIpc) is 2.85. The standard InChI is InChI=1S/C25H40O11/c1-14-15(12-10-8-6-4-5-7-9-11-13-26)16(27)21(33-2)23(34-3)20(14)35-25-19(30)17(28)18(29)22(36-25)24(31)32/h17-19,22,25-30H,4-13H2,1-3H3,(H,31,32)/t17-,18-,19+,22-,25+/m1/s1. The number of aromatic hydroxyl groups is 1. The van der Waals surface area contributed by atoms with Crippen LogP contribution in [0.25, 0.3) is 0 Å². The molecule has 0 bridgehead atoms. The fourth-order valence-electron chi connectivity index (χ4n) is 4.39. The van der Waals surface area contributed by atoms with Crippen molar-refractivity contribution in [3.8, 4) is 23.0 Å². The predicted octanol–water partition coefficient (Wildman–Crippen LogP) is 1.64. The molecule has 0 amide bonds. The monoisotopic (exact) mass is 516 g/mol. The third-order valence-corrected chi connectivity index (χ3v) is 6.50. The van der Waals surface area contributed by atoms with Gasteiger partial charge in [0.05, 0.1) is 14.2 Å². The Morgan fingerprint density at radius 2 is 1.39 bits per heavy atom. The van der Waals surface area contributed by atoms with Crippen LogP contribution in [0.4, 0.5) is 0 Å². The maximum Gasteiger partial charge on any atom is 0.335 e. The van der Waals surface area contributed by atoms with Gasteiger partial charge < -0.3 is 49.6 Å². The molecule has 1 heterocycles. The van der Waals surface area contributed by atoms with Gasteiger partial charge in [-0.2, -0.15) is 0 Å². The zero-order valence-electron chi connectivity index (χ0n) is 21.2. The minimum absolute atomic E-state index is 0.0117. The summed E-state index contributed by atoms with van der Waals surface area (Å²) in [4.78, 5) is 11.4. The first kappa shape index (κ1) is 29.9. The highest BCUT2D eigenvalue weighted by atomic mass is 16.7. The molecule has 36 heavy (non-hydrogen) atoms. The van der Waals surface area contributed by atoms with Gasteiger partial charge in [0, 0.05) is 17.7 Å². The number of benzene rings is 1. The van der Waals surface area contributed by atoms with Gasteiger partial charge in [0.1, 0.15) is 18.3 Å². The van der Waals surface area contributed by atoms with E-state index in [1.54, 1.807) is 6.92 Å². The minimum atomic E-state index is -1.85. The molecule has 11 nitrogen and oxygen atoms in total. The summed E-state index contributed by atoms with van der Waals surface area (Å²) in [5.74, 6) is -1.54. The van der Waals surface area contributed by atoms with E-state index in [4.69, 9.17) is 24.1 Å². The number of rotatable bonds is 15. The zero-order chi connectivity index (χ0) is 26.8. The summed E-state index contributed by atoms with van der Waals surface area (Å²) in [6.07, 6.45) is -0.437. The minimum Gasteiger partial charge on any atom is -0.504 e. The van der Waals surface area contributed by atoms with Gasteiger partial charge in [-0.3, -0.25) is 0 Å². The molecule has 1 saturated heterocycles. The number of hydrogen-bond acceptors (Lipinski definition) is 10. The second kappa shape index (κ2) is 14.4. The van der Waals surface area contributed by atoms with E-state index >= 15 is 0 Å². The number of phenolic OH excluding ortho intramolecular Hbond substituents is 1. The summed E-state index contributed by atoms with van der Waals surface area (Å²) in [5, 5.41) is 59.4. The van der Waals surface area contributed by atoms with Crippen molar-refractivity contribution in [3.05, 3.63) is 11.1 Å². The van der Waals surface area contributed by atoms with Crippen LogP contribution in [0.3, 0.4) is 0 Å². The molecule has 1 fully saturated rings. The van der Waals surface area contributed by atoms with E-state index in [0.717, 1.165) is 51.4 Å². The highest BCUT2D eigenvalue weighted by Crippen LogP contribution is 2.50. The first-order valence-electron chi connectivity index (χ1n) is 12.4. The van der Waals surface area contributed by atoms with Crippen molar-refractivity contribution < 1.29 is 54.4 Å². The lowest BCUT2D eigenvalue weighted by Crippen LogP contribution is -2.61. The highest BCUT2D eigenvalue weighted by molar-refractivity contribution is 5.73. The molecule has 6 N–H and O–H groups in total. The van der Waals surface area contributed by atoms with Crippen molar-refractivity contribution in [2.24, 2.45) is 0 Å². The van der Waals surface area contributed by atoms with E-state index in [1.807, 2.05) is 0 Å². The predicted molar refractivity (Wildman–Crippen MR) is 129 cm³/mol. The lowest BCUT2D eigenvalue weighted by molar-refractivity contribution is -0.271. The van der Waals surface area contributed by atoms with Crippen molar-refractivity contribution in [1.29, 1.82) is 0 Å². The van der Waals surface area contributed by atoms with E-state index in [-0.39, 0.29) is 29.6 Å². The molecular weight excluding hydrogens is 476 g/mol. The number of aliphatic hydroxyl groups is 4. The second-order valence-electron chi connectivity index (χ2n) is 9.00. The Hall–Kier alpha value is -2.31.